The second kappa shape index (κ2) is 5.25. The van der Waals surface area contributed by atoms with Crippen LogP contribution in [0.3, 0.4) is 0 Å². The van der Waals surface area contributed by atoms with Crippen molar-refractivity contribution >= 4 is 33.7 Å². The first-order valence-electron chi connectivity index (χ1n) is 5.87. The predicted octanol–water partition coefficient (Wildman–Crippen LogP) is 3.64. The highest BCUT2D eigenvalue weighted by Crippen LogP contribution is 2.17. The van der Waals surface area contributed by atoms with Crippen LogP contribution in [-0.4, -0.2) is 4.57 Å². The minimum Gasteiger partial charge on any atom is -0.408 e. The number of rotatable bonds is 4. The van der Waals surface area contributed by atoms with Gasteiger partial charge in [0.05, 0.1) is 5.52 Å². The third kappa shape index (κ3) is 2.91. The van der Waals surface area contributed by atoms with Gasteiger partial charge in [-0.1, -0.05) is 13.8 Å². The van der Waals surface area contributed by atoms with E-state index in [2.05, 4.69) is 36.4 Å². The van der Waals surface area contributed by atoms with E-state index >= 15 is 0 Å². The molecule has 0 radical (unpaired) electrons. The molecule has 92 valence electrons. The van der Waals surface area contributed by atoms with Crippen molar-refractivity contribution in [1.29, 1.82) is 0 Å². The van der Waals surface area contributed by atoms with Gasteiger partial charge in [0, 0.05) is 10.1 Å². The summed E-state index contributed by atoms with van der Waals surface area (Å²) in [6.45, 7) is 5.13. The summed E-state index contributed by atoms with van der Waals surface area (Å²) in [5.41, 5.74) is 1.59. The minimum atomic E-state index is -0.245. The van der Waals surface area contributed by atoms with Gasteiger partial charge >= 0.3 is 5.76 Å². The molecule has 0 saturated carbocycles. The summed E-state index contributed by atoms with van der Waals surface area (Å²) in [5.74, 6) is 0.426. The quantitative estimate of drug-likeness (QED) is 0.793. The normalized spacial score (nSPS) is 11.5. The first-order chi connectivity index (χ1) is 8.08. The number of halogens is 1. The Labute approximate surface area is 114 Å². The lowest BCUT2D eigenvalue weighted by Gasteiger charge is -2.05. The van der Waals surface area contributed by atoms with Gasteiger partial charge in [0.25, 0.3) is 0 Å². The number of fused-ring (bicyclic) bond motifs is 1. The lowest BCUT2D eigenvalue weighted by atomic mass is 10.1. The van der Waals surface area contributed by atoms with Crippen molar-refractivity contribution < 1.29 is 4.42 Å². The average Bonchev–Trinajstić information content (AvgIpc) is 2.55. The Balaban J connectivity index is 2.29. The largest absolute Gasteiger partial charge is 0.419 e. The highest BCUT2D eigenvalue weighted by molar-refractivity contribution is 14.1. The van der Waals surface area contributed by atoms with Crippen molar-refractivity contribution in [3.63, 3.8) is 0 Å². The highest BCUT2D eigenvalue weighted by Gasteiger charge is 2.09. The first kappa shape index (κ1) is 12.7. The summed E-state index contributed by atoms with van der Waals surface area (Å²) in [6.07, 6.45) is 2.14. The Morgan fingerprint density at radius 2 is 2.18 bits per heavy atom. The van der Waals surface area contributed by atoms with Crippen LogP contribution in [0.1, 0.15) is 26.7 Å². The molecule has 17 heavy (non-hydrogen) atoms. The Morgan fingerprint density at radius 1 is 1.41 bits per heavy atom. The van der Waals surface area contributed by atoms with Crippen LogP contribution in [0.15, 0.2) is 27.4 Å². The molecule has 0 bridgehead atoms. The third-order valence-corrected chi connectivity index (χ3v) is 3.46. The molecule has 0 aliphatic rings. The fourth-order valence-electron chi connectivity index (χ4n) is 1.90. The monoisotopic (exact) mass is 345 g/mol. The molecule has 0 unspecified atom stereocenters. The van der Waals surface area contributed by atoms with Crippen molar-refractivity contribution in [3.05, 3.63) is 32.3 Å². The van der Waals surface area contributed by atoms with E-state index in [-0.39, 0.29) is 5.76 Å². The van der Waals surface area contributed by atoms with E-state index in [1.54, 1.807) is 4.57 Å². The number of nitrogens with zero attached hydrogens (tertiary/aromatic N) is 1. The summed E-state index contributed by atoms with van der Waals surface area (Å²) < 4.78 is 8.07. The fourth-order valence-corrected chi connectivity index (χ4v) is 2.38. The number of oxazole rings is 1. The van der Waals surface area contributed by atoms with Crippen LogP contribution in [0, 0.1) is 9.49 Å². The van der Waals surface area contributed by atoms with Crippen LogP contribution in [0.2, 0.25) is 0 Å². The molecule has 1 aromatic carbocycles. The molecule has 0 atom stereocenters. The van der Waals surface area contributed by atoms with Crippen molar-refractivity contribution in [2.75, 3.05) is 0 Å². The van der Waals surface area contributed by atoms with E-state index in [0.29, 0.717) is 11.5 Å². The Bertz CT molecular complexity index is 568. The zero-order valence-corrected chi connectivity index (χ0v) is 12.2. The molecule has 0 amide bonds. The summed E-state index contributed by atoms with van der Waals surface area (Å²) in [4.78, 5) is 11.7. The van der Waals surface area contributed by atoms with E-state index in [0.717, 1.165) is 28.5 Å². The molecular weight excluding hydrogens is 329 g/mol. The molecular formula is C13H16INO2. The first-order valence-corrected chi connectivity index (χ1v) is 6.94. The highest BCUT2D eigenvalue weighted by atomic mass is 127. The zero-order valence-electron chi connectivity index (χ0n) is 10.1. The topological polar surface area (TPSA) is 35.1 Å². The number of benzene rings is 1. The lowest BCUT2D eigenvalue weighted by Crippen LogP contribution is -2.14. The molecule has 0 aliphatic carbocycles. The summed E-state index contributed by atoms with van der Waals surface area (Å²) >= 11 is 2.25. The van der Waals surface area contributed by atoms with Gasteiger partial charge in [0.1, 0.15) is 0 Å². The van der Waals surface area contributed by atoms with Gasteiger partial charge in [-0.2, -0.15) is 0 Å². The van der Waals surface area contributed by atoms with Crippen LogP contribution in [0.4, 0.5) is 0 Å². The summed E-state index contributed by atoms with van der Waals surface area (Å²) in [5, 5.41) is 0. The van der Waals surface area contributed by atoms with Gasteiger partial charge in [-0.3, -0.25) is 4.57 Å². The molecule has 0 N–H and O–H groups in total. The molecule has 3 nitrogen and oxygen atoms in total. The van der Waals surface area contributed by atoms with Crippen LogP contribution in [0.5, 0.6) is 0 Å². The van der Waals surface area contributed by atoms with Crippen LogP contribution < -0.4 is 5.76 Å². The van der Waals surface area contributed by atoms with Crippen LogP contribution in [-0.2, 0) is 6.54 Å². The maximum Gasteiger partial charge on any atom is 0.419 e. The molecule has 1 heterocycles. The number of hydrogen-bond donors (Lipinski definition) is 0. The van der Waals surface area contributed by atoms with Crippen LogP contribution in [0.25, 0.3) is 11.1 Å². The molecule has 1 aromatic heterocycles. The van der Waals surface area contributed by atoms with E-state index in [1.807, 2.05) is 18.2 Å². The Hall–Kier alpha value is -0.780. The second-order valence-electron chi connectivity index (χ2n) is 4.67. The molecule has 0 fully saturated rings. The van der Waals surface area contributed by atoms with Crippen molar-refractivity contribution in [2.24, 2.45) is 5.92 Å². The third-order valence-electron chi connectivity index (χ3n) is 2.79. The van der Waals surface area contributed by atoms with E-state index < -0.39 is 0 Å². The fraction of sp³-hybridized carbons (Fsp3) is 0.462. The van der Waals surface area contributed by atoms with Crippen molar-refractivity contribution in [3.8, 4) is 0 Å². The molecule has 0 aliphatic heterocycles. The number of aromatic nitrogens is 1. The Morgan fingerprint density at radius 3 is 2.88 bits per heavy atom. The van der Waals surface area contributed by atoms with E-state index in [9.17, 15) is 4.79 Å². The van der Waals surface area contributed by atoms with Gasteiger partial charge < -0.3 is 4.42 Å². The molecule has 2 aromatic rings. The smallest absolute Gasteiger partial charge is 0.408 e. The maximum absolute atomic E-state index is 11.7. The van der Waals surface area contributed by atoms with Gasteiger partial charge in [-0.15, -0.1) is 0 Å². The molecule has 4 heteroatoms. The number of aryl methyl sites for hydroxylation is 1. The van der Waals surface area contributed by atoms with E-state index in [1.165, 1.54) is 0 Å². The van der Waals surface area contributed by atoms with E-state index in [4.69, 9.17) is 4.42 Å². The standard InChI is InChI=1S/C13H16INO2/c1-9(2)4-3-7-15-11-8-10(14)5-6-12(11)17-13(15)16/h5-6,8-9H,3-4,7H2,1-2H3. The maximum atomic E-state index is 11.7. The molecule has 2 rings (SSSR count). The van der Waals surface area contributed by atoms with Crippen molar-refractivity contribution in [2.45, 2.75) is 33.2 Å². The minimum absolute atomic E-state index is 0.245. The lowest BCUT2D eigenvalue weighted by molar-refractivity contribution is 0.468. The SMILES string of the molecule is CC(C)CCCn1c(=O)oc2ccc(I)cc21. The second-order valence-corrected chi connectivity index (χ2v) is 5.91. The zero-order chi connectivity index (χ0) is 12.4. The molecule has 0 spiro atoms. The summed E-state index contributed by atoms with van der Waals surface area (Å²) in [6, 6.07) is 5.80. The molecule has 0 saturated heterocycles. The number of hydrogen-bond acceptors (Lipinski definition) is 2. The predicted molar refractivity (Wildman–Crippen MR) is 77.3 cm³/mol. The van der Waals surface area contributed by atoms with Gasteiger partial charge in [-0.05, 0) is 59.5 Å². The van der Waals surface area contributed by atoms with Crippen molar-refractivity contribution in [1.82, 2.24) is 4.57 Å². The van der Waals surface area contributed by atoms with Gasteiger partial charge in [0.15, 0.2) is 5.58 Å². The Kier molecular flexibility index (Phi) is 3.91. The van der Waals surface area contributed by atoms with Gasteiger partial charge in [0.2, 0.25) is 0 Å². The summed E-state index contributed by atoms with van der Waals surface area (Å²) in [7, 11) is 0. The van der Waals surface area contributed by atoms with Gasteiger partial charge in [-0.25, -0.2) is 4.79 Å². The average molecular weight is 345 g/mol. The van der Waals surface area contributed by atoms with Crippen LogP contribution >= 0.6 is 22.6 Å².